The highest BCUT2D eigenvalue weighted by Crippen LogP contribution is 2.24. The monoisotopic (exact) mass is 405 g/mol. The zero-order valence-electron chi connectivity index (χ0n) is 16.7. The first-order valence-electron chi connectivity index (χ1n) is 9.25. The fraction of sp³-hybridized carbons (Fsp3) is 0.227. The molecule has 0 fully saturated rings. The molecule has 1 heterocycles. The lowest BCUT2D eigenvalue weighted by molar-refractivity contribution is 0.417. The number of aromatic nitrogens is 1. The number of methoxy groups -OCH3 is 1. The largest absolute Gasteiger partial charge is 0.495 e. The summed E-state index contributed by atoms with van der Waals surface area (Å²) in [5, 5.41) is 20.4. The first kappa shape index (κ1) is 20.4. The number of thiocarbonyl (C=S) groups is 1. The molecule has 0 saturated carbocycles. The molecular formula is C22H23N5OS. The predicted molar refractivity (Wildman–Crippen MR) is 122 cm³/mol. The van der Waals surface area contributed by atoms with Crippen LogP contribution in [0.25, 0.3) is 10.9 Å². The minimum Gasteiger partial charge on any atom is -0.495 e. The number of benzene rings is 2. The number of anilines is 2. The Balaban J connectivity index is 1.60. The Bertz CT molecular complexity index is 1090. The molecule has 3 rings (SSSR count). The number of nitrogens with zero attached hydrogens (tertiary/aromatic N) is 2. The van der Waals surface area contributed by atoms with E-state index in [9.17, 15) is 5.26 Å². The van der Waals surface area contributed by atoms with Gasteiger partial charge < -0.3 is 20.7 Å². The lowest BCUT2D eigenvalue weighted by Crippen LogP contribution is -2.32. The van der Waals surface area contributed by atoms with E-state index < -0.39 is 0 Å². The quantitative estimate of drug-likeness (QED) is 0.420. The van der Waals surface area contributed by atoms with Crippen molar-refractivity contribution in [3.8, 4) is 11.8 Å². The van der Waals surface area contributed by atoms with Crippen LogP contribution in [0.2, 0.25) is 0 Å². The Morgan fingerprint density at radius 1 is 1.14 bits per heavy atom. The van der Waals surface area contributed by atoms with Crippen molar-refractivity contribution in [3.63, 3.8) is 0 Å². The molecule has 0 unspecified atom stereocenters. The lowest BCUT2D eigenvalue weighted by atomic mass is 10.0. The summed E-state index contributed by atoms with van der Waals surface area (Å²) in [6.45, 7) is 5.24. The summed E-state index contributed by atoms with van der Waals surface area (Å²) in [4.78, 5) is 4.63. The summed E-state index contributed by atoms with van der Waals surface area (Å²) < 4.78 is 5.30. The number of pyridine rings is 1. The van der Waals surface area contributed by atoms with E-state index in [2.05, 4.69) is 46.9 Å². The van der Waals surface area contributed by atoms with Crippen LogP contribution >= 0.6 is 12.2 Å². The Hall–Kier alpha value is -3.37. The van der Waals surface area contributed by atoms with Gasteiger partial charge in [-0.1, -0.05) is 12.1 Å². The Kier molecular flexibility index (Phi) is 6.47. The van der Waals surface area contributed by atoms with Crippen LogP contribution in [0.1, 0.15) is 16.7 Å². The van der Waals surface area contributed by atoms with Gasteiger partial charge in [-0.25, -0.2) is 4.98 Å². The van der Waals surface area contributed by atoms with Gasteiger partial charge in [0.2, 0.25) is 0 Å². The van der Waals surface area contributed by atoms with Crippen LogP contribution in [-0.4, -0.2) is 30.3 Å². The van der Waals surface area contributed by atoms with Gasteiger partial charge in [0.15, 0.2) is 5.11 Å². The van der Waals surface area contributed by atoms with E-state index in [1.807, 2.05) is 36.4 Å². The van der Waals surface area contributed by atoms with Gasteiger partial charge in [0.25, 0.3) is 0 Å². The predicted octanol–water partition coefficient (Wildman–Crippen LogP) is 4.13. The summed E-state index contributed by atoms with van der Waals surface area (Å²) in [5.41, 5.74) is 4.56. The Labute approximate surface area is 175 Å². The summed E-state index contributed by atoms with van der Waals surface area (Å²) in [7, 11) is 1.62. The molecule has 1 aromatic heterocycles. The van der Waals surface area contributed by atoms with Crippen molar-refractivity contribution in [2.75, 3.05) is 30.8 Å². The van der Waals surface area contributed by atoms with Crippen molar-refractivity contribution in [1.29, 1.82) is 5.26 Å². The molecule has 0 amide bonds. The molecule has 0 radical (unpaired) electrons. The highest BCUT2D eigenvalue weighted by molar-refractivity contribution is 7.80. The minimum atomic E-state index is 0.495. The molecule has 0 aliphatic carbocycles. The standard InChI is InChI=1S/C22H23N5OS/c1-14-10-16-12-17(13-23)21(26-19(16)11-15(14)2)24-8-9-25-22(29)27-18-6-4-5-7-20(18)28-3/h4-7,10-12H,8-9H2,1-3H3,(H,24,26)(H2,25,27,29). The van der Waals surface area contributed by atoms with E-state index in [1.54, 1.807) is 7.11 Å². The highest BCUT2D eigenvalue weighted by atomic mass is 32.1. The number of nitriles is 1. The average molecular weight is 406 g/mol. The van der Waals surface area contributed by atoms with E-state index in [0.717, 1.165) is 22.3 Å². The summed E-state index contributed by atoms with van der Waals surface area (Å²) in [5.74, 6) is 1.30. The maximum absolute atomic E-state index is 9.47. The molecule has 3 N–H and O–H groups in total. The molecular weight excluding hydrogens is 382 g/mol. The van der Waals surface area contributed by atoms with Crippen LogP contribution in [0.5, 0.6) is 5.75 Å². The van der Waals surface area contributed by atoms with Crippen LogP contribution in [0.4, 0.5) is 11.5 Å². The fourth-order valence-corrected chi connectivity index (χ4v) is 3.14. The second kappa shape index (κ2) is 9.22. The maximum Gasteiger partial charge on any atom is 0.170 e. The molecule has 0 aliphatic rings. The van der Waals surface area contributed by atoms with Gasteiger partial charge in [0.1, 0.15) is 17.6 Å². The lowest BCUT2D eigenvalue weighted by Gasteiger charge is -2.14. The van der Waals surface area contributed by atoms with E-state index in [1.165, 1.54) is 11.1 Å². The number of aryl methyl sites for hydroxylation is 2. The number of nitrogens with one attached hydrogen (secondary N) is 3. The number of hydrogen-bond acceptors (Lipinski definition) is 5. The topological polar surface area (TPSA) is 82.0 Å². The molecule has 6 nitrogen and oxygen atoms in total. The van der Waals surface area contributed by atoms with Crippen molar-refractivity contribution in [2.24, 2.45) is 0 Å². The van der Waals surface area contributed by atoms with E-state index >= 15 is 0 Å². The minimum absolute atomic E-state index is 0.495. The molecule has 0 saturated heterocycles. The van der Waals surface area contributed by atoms with Crippen LogP contribution < -0.4 is 20.7 Å². The Morgan fingerprint density at radius 3 is 2.66 bits per heavy atom. The number of para-hydroxylation sites is 2. The molecule has 0 atom stereocenters. The molecule has 0 spiro atoms. The summed E-state index contributed by atoms with van der Waals surface area (Å²) >= 11 is 5.34. The van der Waals surface area contributed by atoms with Crippen molar-refractivity contribution < 1.29 is 4.74 Å². The van der Waals surface area contributed by atoms with Crippen LogP contribution in [0, 0.1) is 25.2 Å². The molecule has 2 aromatic carbocycles. The number of hydrogen-bond donors (Lipinski definition) is 3. The van der Waals surface area contributed by atoms with Crippen molar-refractivity contribution in [1.82, 2.24) is 10.3 Å². The summed E-state index contributed by atoms with van der Waals surface area (Å²) in [6, 6.07) is 15.8. The second-order valence-corrected chi connectivity index (χ2v) is 7.04. The number of ether oxygens (including phenoxy) is 1. The number of rotatable bonds is 6. The van der Waals surface area contributed by atoms with Crippen molar-refractivity contribution >= 4 is 39.7 Å². The van der Waals surface area contributed by atoms with Crippen molar-refractivity contribution in [2.45, 2.75) is 13.8 Å². The molecule has 7 heteroatoms. The van der Waals surface area contributed by atoms with Crippen LogP contribution in [-0.2, 0) is 0 Å². The van der Waals surface area contributed by atoms with Gasteiger partial charge in [0, 0.05) is 18.5 Å². The molecule has 3 aromatic rings. The van der Waals surface area contributed by atoms with Crippen LogP contribution in [0.15, 0.2) is 42.5 Å². The van der Waals surface area contributed by atoms with Crippen LogP contribution in [0.3, 0.4) is 0 Å². The zero-order valence-corrected chi connectivity index (χ0v) is 17.5. The first-order chi connectivity index (χ1) is 14.0. The second-order valence-electron chi connectivity index (χ2n) is 6.63. The zero-order chi connectivity index (χ0) is 20.8. The highest BCUT2D eigenvalue weighted by Gasteiger charge is 2.08. The van der Waals surface area contributed by atoms with Gasteiger partial charge in [-0.05, 0) is 67.5 Å². The molecule has 148 valence electrons. The maximum atomic E-state index is 9.47. The average Bonchev–Trinajstić information content (AvgIpc) is 2.72. The fourth-order valence-electron chi connectivity index (χ4n) is 2.93. The third kappa shape index (κ3) is 4.92. The summed E-state index contributed by atoms with van der Waals surface area (Å²) in [6.07, 6.45) is 0. The first-order valence-corrected chi connectivity index (χ1v) is 9.66. The number of fused-ring (bicyclic) bond motifs is 1. The van der Waals surface area contributed by atoms with Gasteiger partial charge in [0.05, 0.1) is 23.9 Å². The molecule has 0 bridgehead atoms. The third-order valence-corrected chi connectivity index (χ3v) is 4.86. The van der Waals surface area contributed by atoms with E-state index in [0.29, 0.717) is 29.6 Å². The van der Waals surface area contributed by atoms with E-state index in [4.69, 9.17) is 17.0 Å². The molecule has 0 aliphatic heterocycles. The van der Waals surface area contributed by atoms with Gasteiger partial charge in [-0.15, -0.1) is 0 Å². The normalized spacial score (nSPS) is 10.3. The smallest absolute Gasteiger partial charge is 0.170 e. The van der Waals surface area contributed by atoms with Gasteiger partial charge >= 0.3 is 0 Å². The van der Waals surface area contributed by atoms with Crippen molar-refractivity contribution in [3.05, 3.63) is 59.2 Å². The van der Waals surface area contributed by atoms with Gasteiger partial charge in [-0.2, -0.15) is 5.26 Å². The molecule has 29 heavy (non-hydrogen) atoms. The SMILES string of the molecule is COc1ccccc1NC(=S)NCCNc1nc2cc(C)c(C)cc2cc1C#N. The van der Waals surface area contributed by atoms with E-state index in [-0.39, 0.29) is 0 Å². The van der Waals surface area contributed by atoms with Gasteiger partial charge in [-0.3, -0.25) is 0 Å². The third-order valence-electron chi connectivity index (χ3n) is 4.61. The Morgan fingerprint density at radius 2 is 1.90 bits per heavy atom.